The molecule has 3 heteroatoms. The zero-order valence-corrected chi connectivity index (χ0v) is 30.3. The van der Waals surface area contributed by atoms with Gasteiger partial charge >= 0.3 is 0 Å². The number of benzene rings is 7. The Labute approximate surface area is 313 Å². The molecule has 0 bridgehead atoms. The monoisotopic (exact) mass is 694 g/mol. The van der Waals surface area contributed by atoms with Gasteiger partial charge in [-0.25, -0.2) is 9.97 Å². The van der Waals surface area contributed by atoms with Crippen LogP contribution in [0.25, 0.3) is 65.2 Å². The predicted octanol–water partition coefficient (Wildman–Crippen LogP) is 12.8. The van der Waals surface area contributed by atoms with Crippen LogP contribution in [0.1, 0.15) is 47.2 Å². The van der Waals surface area contributed by atoms with Crippen molar-refractivity contribution in [1.82, 2.24) is 9.97 Å². The van der Waals surface area contributed by atoms with Crippen LogP contribution >= 0.6 is 11.3 Å². The molecule has 2 aliphatic rings. The lowest BCUT2D eigenvalue weighted by Gasteiger charge is -2.46. The molecule has 9 aromatic rings. The fraction of sp³-hybridized carbons (Fsp3) is 0.0800. The van der Waals surface area contributed by atoms with Crippen LogP contribution in [0.3, 0.4) is 0 Å². The second-order valence-electron chi connectivity index (χ2n) is 14.9. The molecule has 0 saturated carbocycles. The first kappa shape index (κ1) is 30.5. The Morgan fingerprint density at radius 2 is 0.943 bits per heavy atom. The maximum Gasteiger partial charge on any atom is 0.160 e. The maximum atomic E-state index is 5.17. The van der Waals surface area contributed by atoms with Crippen LogP contribution in [0.15, 0.2) is 170 Å². The average Bonchev–Trinajstić information content (AvgIpc) is 3.73. The summed E-state index contributed by atoms with van der Waals surface area (Å²) in [6, 6.07) is 62.1. The molecule has 2 nitrogen and oxygen atoms in total. The van der Waals surface area contributed by atoms with Crippen LogP contribution in [0, 0.1) is 0 Å². The zero-order valence-electron chi connectivity index (χ0n) is 29.5. The van der Waals surface area contributed by atoms with Gasteiger partial charge in [-0.2, -0.15) is 0 Å². The Morgan fingerprint density at radius 3 is 1.62 bits per heavy atom. The van der Waals surface area contributed by atoms with E-state index in [2.05, 4.69) is 159 Å². The summed E-state index contributed by atoms with van der Waals surface area (Å²) in [6.45, 7) is 4.82. The van der Waals surface area contributed by atoms with E-state index >= 15 is 0 Å². The Bertz CT molecular complexity index is 2820. The fourth-order valence-electron chi connectivity index (χ4n) is 9.34. The van der Waals surface area contributed by atoms with E-state index in [1.807, 2.05) is 35.6 Å². The second kappa shape index (κ2) is 11.2. The molecule has 2 heterocycles. The summed E-state index contributed by atoms with van der Waals surface area (Å²) in [6.07, 6.45) is 0. The highest BCUT2D eigenvalue weighted by Gasteiger charge is 2.53. The third-order valence-electron chi connectivity index (χ3n) is 11.8. The van der Waals surface area contributed by atoms with Gasteiger partial charge in [0, 0.05) is 42.3 Å². The van der Waals surface area contributed by atoms with E-state index in [0.717, 1.165) is 33.9 Å². The van der Waals surface area contributed by atoms with E-state index in [1.165, 1.54) is 64.7 Å². The molecule has 0 N–H and O–H groups in total. The highest BCUT2D eigenvalue weighted by molar-refractivity contribution is 7.25. The van der Waals surface area contributed by atoms with Crippen LogP contribution in [0.2, 0.25) is 0 Å². The van der Waals surface area contributed by atoms with Crippen molar-refractivity contribution in [2.24, 2.45) is 0 Å². The Balaban J connectivity index is 1.17. The number of aromatic nitrogens is 2. The van der Waals surface area contributed by atoms with Gasteiger partial charge in [-0.15, -0.1) is 11.3 Å². The van der Waals surface area contributed by atoms with Gasteiger partial charge in [0.15, 0.2) is 5.82 Å². The number of hydrogen-bond donors (Lipinski definition) is 0. The molecule has 2 aromatic heterocycles. The summed E-state index contributed by atoms with van der Waals surface area (Å²) in [7, 11) is 0. The molecule has 1 spiro atoms. The predicted molar refractivity (Wildman–Crippen MR) is 221 cm³/mol. The number of thiophene rings is 1. The molecular weight excluding hydrogens is 661 g/mol. The van der Waals surface area contributed by atoms with E-state index in [-0.39, 0.29) is 5.41 Å². The van der Waals surface area contributed by atoms with E-state index < -0.39 is 5.41 Å². The highest BCUT2D eigenvalue weighted by Crippen LogP contribution is 2.62. The van der Waals surface area contributed by atoms with E-state index in [9.17, 15) is 0 Å². The lowest BCUT2D eigenvalue weighted by Crippen LogP contribution is -2.40. The van der Waals surface area contributed by atoms with Crippen molar-refractivity contribution < 1.29 is 0 Å². The van der Waals surface area contributed by atoms with Gasteiger partial charge in [-0.1, -0.05) is 153 Å². The fourth-order valence-corrected chi connectivity index (χ4v) is 10.4. The van der Waals surface area contributed by atoms with Gasteiger partial charge in [-0.3, -0.25) is 0 Å². The minimum absolute atomic E-state index is 0.203. The van der Waals surface area contributed by atoms with Crippen molar-refractivity contribution in [3.63, 3.8) is 0 Å². The van der Waals surface area contributed by atoms with Gasteiger partial charge in [0.2, 0.25) is 0 Å². The minimum Gasteiger partial charge on any atom is -0.228 e. The largest absolute Gasteiger partial charge is 0.228 e. The molecule has 0 fully saturated rings. The molecule has 2 aliphatic carbocycles. The van der Waals surface area contributed by atoms with Gasteiger partial charge in [0.25, 0.3) is 0 Å². The first-order chi connectivity index (χ1) is 26.0. The molecule has 0 radical (unpaired) electrons. The van der Waals surface area contributed by atoms with Crippen LogP contribution in [-0.4, -0.2) is 9.97 Å². The smallest absolute Gasteiger partial charge is 0.160 e. The third-order valence-corrected chi connectivity index (χ3v) is 12.9. The molecule has 0 atom stereocenters. The maximum absolute atomic E-state index is 5.17. The number of fused-ring (bicyclic) bond motifs is 12. The quantitative estimate of drug-likeness (QED) is 0.184. The highest BCUT2D eigenvalue weighted by atomic mass is 32.1. The molecule has 0 saturated heterocycles. The first-order valence-corrected chi connectivity index (χ1v) is 19.1. The molecule has 7 aromatic carbocycles. The molecule has 0 amide bonds. The lowest BCUT2D eigenvalue weighted by atomic mass is 9.55. The normalized spacial score (nSPS) is 14.5. The van der Waals surface area contributed by atoms with Gasteiger partial charge in [0.05, 0.1) is 16.8 Å². The Morgan fingerprint density at radius 1 is 0.396 bits per heavy atom. The van der Waals surface area contributed by atoms with Crippen molar-refractivity contribution in [1.29, 1.82) is 0 Å². The zero-order chi connectivity index (χ0) is 35.3. The van der Waals surface area contributed by atoms with E-state index in [4.69, 9.17) is 9.97 Å². The third kappa shape index (κ3) is 4.26. The summed E-state index contributed by atoms with van der Waals surface area (Å²) < 4.78 is 2.59. The average molecular weight is 695 g/mol. The number of nitrogens with zero attached hydrogens (tertiary/aromatic N) is 2. The summed E-state index contributed by atoms with van der Waals surface area (Å²) >= 11 is 1.89. The van der Waals surface area contributed by atoms with Crippen LogP contribution in [0.4, 0.5) is 0 Å². The summed E-state index contributed by atoms with van der Waals surface area (Å²) in [5, 5.41) is 2.57. The van der Waals surface area contributed by atoms with Crippen LogP contribution < -0.4 is 0 Å². The summed E-state index contributed by atoms with van der Waals surface area (Å²) in [5.41, 5.74) is 15.4. The molecule has 0 unspecified atom stereocenters. The molecular formula is C50H34N2S. The van der Waals surface area contributed by atoms with Crippen LogP contribution in [-0.2, 0) is 10.8 Å². The number of rotatable bonds is 3. The molecule has 53 heavy (non-hydrogen) atoms. The standard InChI is InChI=1S/C50H34N2S/c1-49(2)40-23-13-14-24-41(40)50(38-21-11-9-19-34(38)35-20-10-12-22-39(35)50)43-29-47-37(28-42(43)49)36-27-33(25-26-46(36)53-47)45-30-44(31-15-5-3-6-16-31)51-48(52-45)32-17-7-4-8-18-32/h3-30H,1-2H3. The van der Waals surface area contributed by atoms with Crippen molar-refractivity contribution in [3.8, 4) is 45.0 Å². The van der Waals surface area contributed by atoms with Crippen molar-refractivity contribution in [3.05, 3.63) is 203 Å². The lowest BCUT2D eigenvalue weighted by molar-refractivity contribution is 0.564. The van der Waals surface area contributed by atoms with Crippen molar-refractivity contribution in [2.45, 2.75) is 24.7 Å². The van der Waals surface area contributed by atoms with Gasteiger partial charge in [0.1, 0.15) is 0 Å². The van der Waals surface area contributed by atoms with Crippen molar-refractivity contribution >= 4 is 31.5 Å². The second-order valence-corrected chi connectivity index (χ2v) is 16.0. The SMILES string of the molecule is CC1(C)c2ccccc2C2(c3ccccc3-c3ccccc32)c2cc3sc4ccc(-c5cc(-c6ccccc6)nc(-c6ccccc6)n5)cc4c3cc21. The van der Waals surface area contributed by atoms with Crippen molar-refractivity contribution in [2.75, 3.05) is 0 Å². The minimum atomic E-state index is -0.396. The Kier molecular flexibility index (Phi) is 6.42. The molecule has 250 valence electrons. The van der Waals surface area contributed by atoms with Gasteiger partial charge < -0.3 is 0 Å². The molecule has 0 aliphatic heterocycles. The molecule has 11 rings (SSSR count). The Hall–Kier alpha value is -6.16. The topological polar surface area (TPSA) is 25.8 Å². The van der Waals surface area contributed by atoms with E-state index in [1.54, 1.807) is 0 Å². The summed E-state index contributed by atoms with van der Waals surface area (Å²) in [5.74, 6) is 0.731. The van der Waals surface area contributed by atoms with Gasteiger partial charge in [-0.05, 0) is 74.8 Å². The van der Waals surface area contributed by atoms with E-state index in [0.29, 0.717) is 0 Å². The first-order valence-electron chi connectivity index (χ1n) is 18.3. The summed E-state index contributed by atoms with van der Waals surface area (Å²) in [4.78, 5) is 10.2. The van der Waals surface area contributed by atoms with Crippen LogP contribution in [0.5, 0.6) is 0 Å². The number of hydrogen-bond acceptors (Lipinski definition) is 3.